The Bertz CT molecular complexity index is 1230. The van der Waals surface area contributed by atoms with Crippen LogP contribution in [0.1, 0.15) is 35.8 Å². The van der Waals surface area contributed by atoms with Gasteiger partial charge in [-0.15, -0.1) is 11.3 Å². The minimum atomic E-state index is -0.0291. The summed E-state index contributed by atoms with van der Waals surface area (Å²) in [7, 11) is 0. The molecule has 9 heteroatoms. The number of aromatic nitrogens is 5. The summed E-state index contributed by atoms with van der Waals surface area (Å²) >= 11 is 1.51. The molecule has 8 nitrogen and oxygen atoms in total. The first kappa shape index (κ1) is 21.3. The van der Waals surface area contributed by atoms with Gasteiger partial charge in [0.25, 0.3) is 5.91 Å². The maximum atomic E-state index is 13.1. The molecule has 0 bridgehead atoms. The van der Waals surface area contributed by atoms with Gasteiger partial charge in [-0.25, -0.2) is 4.98 Å². The number of thiazole rings is 1. The Morgan fingerprint density at radius 1 is 0.970 bits per heavy atom. The summed E-state index contributed by atoms with van der Waals surface area (Å²) in [6.45, 7) is 6.86. The summed E-state index contributed by atoms with van der Waals surface area (Å²) in [5, 5.41) is 14.9. The van der Waals surface area contributed by atoms with Crippen molar-refractivity contribution in [3.05, 3.63) is 71.2 Å². The Morgan fingerprint density at radius 3 is 2.39 bits per heavy atom. The number of amides is 1. The number of benzene rings is 2. The maximum Gasteiger partial charge on any atom is 0.273 e. The average Bonchev–Trinajstić information content (AvgIpc) is 3.55. The van der Waals surface area contributed by atoms with Crippen molar-refractivity contribution in [1.82, 2.24) is 30.1 Å². The van der Waals surface area contributed by atoms with Crippen molar-refractivity contribution in [2.75, 3.05) is 31.1 Å². The monoisotopic (exact) mass is 459 g/mol. The fourth-order valence-electron chi connectivity index (χ4n) is 3.90. The van der Waals surface area contributed by atoms with E-state index in [2.05, 4.69) is 63.5 Å². The quantitative estimate of drug-likeness (QED) is 0.451. The molecule has 0 spiro atoms. The summed E-state index contributed by atoms with van der Waals surface area (Å²) in [5.74, 6) is 1.15. The second kappa shape index (κ2) is 9.11. The minimum Gasteiger partial charge on any atom is -0.336 e. The first-order chi connectivity index (χ1) is 16.1. The molecule has 1 aliphatic rings. The molecule has 0 aliphatic carbocycles. The standard InChI is InChI=1S/C24H25N7OS/c1-17(2)18-8-10-19(11-9-18)22-25-21(16-33-22)23(32)29-12-14-30(15-13-29)24-26-27-28-31(24)20-6-4-3-5-7-20/h3-11,16-17H,12-15H2,1-2H3. The van der Waals surface area contributed by atoms with E-state index in [0.717, 1.165) is 16.3 Å². The Morgan fingerprint density at radius 2 is 1.70 bits per heavy atom. The largest absolute Gasteiger partial charge is 0.336 e. The number of carbonyl (C=O) groups excluding carboxylic acids is 1. The van der Waals surface area contributed by atoms with Gasteiger partial charge in [-0.05, 0) is 34.0 Å². The number of hydrogen-bond donors (Lipinski definition) is 0. The van der Waals surface area contributed by atoms with Gasteiger partial charge in [-0.3, -0.25) is 4.79 Å². The minimum absolute atomic E-state index is 0.0291. The van der Waals surface area contributed by atoms with E-state index in [1.54, 1.807) is 4.68 Å². The van der Waals surface area contributed by atoms with Crippen molar-refractivity contribution in [2.45, 2.75) is 19.8 Å². The van der Waals surface area contributed by atoms with E-state index in [-0.39, 0.29) is 5.91 Å². The van der Waals surface area contributed by atoms with Crippen molar-refractivity contribution < 1.29 is 4.79 Å². The van der Waals surface area contributed by atoms with Gasteiger partial charge in [0, 0.05) is 37.1 Å². The third-order valence-corrected chi connectivity index (χ3v) is 6.74. The zero-order chi connectivity index (χ0) is 22.8. The topological polar surface area (TPSA) is 80.0 Å². The molecular formula is C24H25N7OS. The van der Waals surface area contributed by atoms with Crippen LogP contribution in [0.25, 0.3) is 16.3 Å². The molecule has 1 aliphatic heterocycles. The molecule has 0 N–H and O–H groups in total. The van der Waals surface area contributed by atoms with E-state index < -0.39 is 0 Å². The van der Waals surface area contributed by atoms with Crippen LogP contribution >= 0.6 is 11.3 Å². The number of piperazine rings is 1. The molecule has 3 heterocycles. The van der Waals surface area contributed by atoms with Crippen LogP contribution in [0, 0.1) is 0 Å². The summed E-state index contributed by atoms with van der Waals surface area (Å²) in [4.78, 5) is 21.7. The SMILES string of the molecule is CC(C)c1ccc(-c2nc(C(=O)N3CCN(c4nnnn4-c4ccccc4)CC3)cs2)cc1. The van der Waals surface area contributed by atoms with Crippen molar-refractivity contribution in [2.24, 2.45) is 0 Å². The highest BCUT2D eigenvalue weighted by Crippen LogP contribution is 2.26. The predicted octanol–water partition coefficient (Wildman–Crippen LogP) is 3.87. The lowest BCUT2D eigenvalue weighted by molar-refractivity contribution is 0.0741. The van der Waals surface area contributed by atoms with Crippen molar-refractivity contribution in [3.63, 3.8) is 0 Å². The Labute approximate surface area is 196 Å². The lowest BCUT2D eigenvalue weighted by atomic mass is 10.0. The molecule has 1 saturated heterocycles. The molecule has 0 atom stereocenters. The van der Waals surface area contributed by atoms with Crippen LogP contribution in [0.4, 0.5) is 5.95 Å². The highest BCUT2D eigenvalue weighted by atomic mass is 32.1. The molecule has 0 unspecified atom stereocenters. The highest BCUT2D eigenvalue weighted by Gasteiger charge is 2.26. The van der Waals surface area contributed by atoms with Crippen LogP contribution in [0.5, 0.6) is 0 Å². The summed E-state index contributed by atoms with van der Waals surface area (Å²) in [5.41, 5.74) is 3.75. The van der Waals surface area contributed by atoms with E-state index in [4.69, 9.17) is 0 Å². The van der Waals surface area contributed by atoms with E-state index in [9.17, 15) is 4.79 Å². The molecular weight excluding hydrogens is 434 g/mol. The first-order valence-corrected chi connectivity index (χ1v) is 11.9. The smallest absolute Gasteiger partial charge is 0.273 e. The van der Waals surface area contributed by atoms with Gasteiger partial charge >= 0.3 is 0 Å². The van der Waals surface area contributed by atoms with Gasteiger partial charge in [0.15, 0.2) is 0 Å². The van der Waals surface area contributed by atoms with Crippen molar-refractivity contribution in [1.29, 1.82) is 0 Å². The molecule has 2 aromatic carbocycles. The van der Waals surface area contributed by atoms with E-state index in [1.807, 2.05) is 40.6 Å². The molecule has 168 valence electrons. The normalized spacial score (nSPS) is 14.2. The molecule has 5 rings (SSSR count). The number of para-hydroxylation sites is 1. The molecule has 4 aromatic rings. The molecule has 0 radical (unpaired) electrons. The number of tetrazole rings is 1. The fourth-order valence-corrected chi connectivity index (χ4v) is 4.70. The third kappa shape index (κ3) is 4.36. The van der Waals surface area contributed by atoms with E-state index in [1.165, 1.54) is 16.9 Å². The predicted molar refractivity (Wildman–Crippen MR) is 129 cm³/mol. The van der Waals surface area contributed by atoms with Gasteiger partial charge in [-0.1, -0.05) is 61.4 Å². The number of anilines is 1. The van der Waals surface area contributed by atoms with Crippen LogP contribution in [-0.4, -0.2) is 62.2 Å². The molecule has 1 amide bonds. The van der Waals surface area contributed by atoms with Crippen LogP contribution in [0.3, 0.4) is 0 Å². The molecule has 0 saturated carbocycles. The molecule has 1 fully saturated rings. The number of nitrogens with zero attached hydrogens (tertiary/aromatic N) is 7. The van der Waals surface area contributed by atoms with Gasteiger partial charge in [0.2, 0.25) is 5.95 Å². The zero-order valence-corrected chi connectivity index (χ0v) is 19.4. The van der Waals surface area contributed by atoms with Gasteiger partial charge in [0.1, 0.15) is 10.7 Å². The number of carbonyl (C=O) groups is 1. The maximum absolute atomic E-state index is 13.1. The second-order valence-corrected chi connectivity index (χ2v) is 9.18. The first-order valence-electron chi connectivity index (χ1n) is 11.0. The van der Waals surface area contributed by atoms with Gasteiger partial charge < -0.3 is 9.80 Å². The number of rotatable bonds is 5. The zero-order valence-electron chi connectivity index (χ0n) is 18.6. The lowest BCUT2D eigenvalue weighted by Crippen LogP contribution is -2.49. The van der Waals surface area contributed by atoms with Crippen LogP contribution in [-0.2, 0) is 0 Å². The van der Waals surface area contributed by atoms with Crippen molar-refractivity contribution >= 4 is 23.2 Å². The lowest BCUT2D eigenvalue weighted by Gasteiger charge is -2.34. The van der Waals surface area contributed by atoms with Crippen LogP contribution in [0.15, 0.2) is 60.0 Å². The van der Waals surface area contributed by atoms with Gasteiger partial charge in [-0.2, -0.15) is 4.68 Å². The summed E-state index contributed by atoms with van der Waals surface area (Å²) < 4.78 is 1.73. The Kier molecular flexibility index (Phi) is 5.87. The van der Waals surface area contributed by atoms with Crippen molar-refractivity contribution in [3.8, 4) is 16.3 Å². The second-order valence-electron chi connectivity index (χ2n) is 8.32. The fraction of sp³-hybridized carbons (Fsp3) is 0.292. The Hall–Kier alpha value is -3.59. The van der Waals surface area contributed by atoms with Crippen LogP contribution < -0.4 is 4.90 Å². The summed E-state index contributed by atoms with van der Waals surface area (Å²) in [6.07, 6.45) is 0. The van der Waals surface area contributed by atoms with E-state index in [0.29, 0.717) is 43.7 Å². The van der Waals surface area contributed by atoms with E-state index >= 15 is 0 Å². The van der Waals surface area contributed by atoms with Crippen LogP contribution in [0.2, 0.25) is 0 Å². The van der Waals surface area contributed by atoms with Gasteiger partial charge in [0.05, 0.1) is 5.69 Å². The summed E-state index contributed by atoms with van der Waals surface area (Å²) in [6, 6.07) is 18.2. The molecule has 33 heavy (non-hydrogen) atoms. The third-order valence-electron chi connectivity index (χ3n) is 5.85. The number of hydrogen-bond acceptors (Lipinski definition) is 7. The highest BCUT2D eigenvalue weighted by molar-refractivity contribution is 7.13. The Balaban J connectivity index is 1.24. The molecule has 2 aromatic heterocycles. The average molecular weight is 460 g/mol.